The zero-order chi connectivity index (χ0) is 23.1. The number of nitrogens with zero attached hydrogens (tertiary/aromatic N) is 4. The predicted molar refractivity (Wildman–Crippen MR) is 115 cm³/mol. The number of rotatable bonds is 6. The summed E-state index contributed by atoms with van der Waals surface area (Å²) >= 11 is 0. The summed E-state index contributed by atoms with van der Waals surface area (Å²) in [5.41, 5.74) is 0. The zero-order valence-corrected chi connectivity index (χ0v) is 19.6. The molecule has 0 amide bonds. The van der Waals surface area contributed by atoms with Gasteiger partial charge in [-0.3, -0.25) is 0 Å². The lowest BCUT2D eigenvalue weighted by atomic mass is 10.00. The minimum absolute atomic E-state index is 0.0320. The van der Waals surface area contributed by atoms with E-state index in [2.05, 4.69) is 10.1 Å². The Morgan fingerprint density at radius 3 is 2.34 bits per heavy atom. The Labute approximate surface area is 186 Å². The molecule has 0 unspecified atom stereocenters. The quantitative estimate of drug-likeness (QED) is 0.526. The highest BCUT2D eigenvalue weighted by molar-refractivity contribution is 7.89. The van der Waals surface area contributed by atoms with Crippen molar-refractivity contribution in [2.45, 2.75) is 35.5 Å². The van der Waals surface area contributed by atoms with Crippen LogP contribution in [0.2, 0.25) is 0 Å². The molecule has 2 aromatic heterocycles. The second-order valence-corrected chi connectivity index (χ2v) is 11.9. The van der Waals surface area contributed by atoms with Crippen molar-refractivity contribution in [1.82, 2.24) is 18.8 Å². The summed E-state index contributed by atoms with van der Waals surface area (Å²) in [4.78, 5) is 4.46. The molecule has 1 saturated heterocycles. The molecule has 0 spiro atoms. The second kappa shape index (κ2) is 8.43. The molecule has 0 saturated carbocycles. The molecule has 10 nitrogen and oxygen atoms in total. The van der Waals surface area contributed by atoms with Crippen molar-refractivity contribution in [3.63, 3.8) is 0 Å². The Bertz CT molecular complexity index is 1310. The fourth-order valence-corrected chi connectivity index (χ4v) is 5.99. The van der Waals surface area contributed by atoms with E-state index in [9.17, 15) is 16.8 Å². The van der Waals surface area contributed by atoms with Crippen molar-refractivity contribution in [2.24, 2.45) is 0 Å². The average Bonchev–Trinajstić information content (AvgIpc) is 3.43. The van der Waals surface area contributed by atoms with Crippen LogP contribution in [0, 0.1) is 6.92 Å². The fourth-order valence-electron chi connectivity index (χ4n) is 3.56. The predicted octanol–water partition coefficient (Wildman–Crippen LogP) is 2.46. The summed E-state index contributed by atoms with van der Waals surface area (Å²) in [6.45, 7) is 2.37. The smallest absolute Gasteiger partial charge is 0.243 e. The molecule has 0 aliphatic carbocycles. The number of piperidine rings is 1. The van der Waals surface area contributed by atoms with Gasteiger partial charge in [0.05, 0.1) is 15.7 Å². The number of hydrogen-bond acceptors (Lipinski definition) is 8. The SMILES string of the molecule is Cc1ccc(-c2noc([C@H]3CCCN(S(=O)(=O)c4ccc(S(=O)(=O)N(C)C)cc4)C3)n2)o1. The summed E-state index contributed by atoms with van der Waals surface area (Å²) in [7, 11) is -4.61. The molecule has 1 atom stereocenters. The van der Waals surface area contributed by atoms with Gasteiger partial charge >= 0.3 is 0 Å². The van der Waals surface area contributed by atoms with Crippen molar-refractivity contribution in [3.05, 3.63) is 48.0 Å². The highest BCUT2D eigenvalue weighted by atomic mass is 32.2. The maximum atomic E-state index is 13.2. The third-order valence-corrected chi connectivity index (χ3v) is 9.08. The van der Waals surface area contributed by atoms with Gasteiger partial charge in [0.1, 0.15) is 5.76 Å². The lowest BCUT2D eigenvalue weighted by Gasteiger charge is -2.30. The van der Waals surface area contributed by atoms with Gasteiger partial charge in [-0.1, -0.05) is 5.16 Å². The van der Waals surface area contributed by atoms with Crippen LogP contribution in [0.3, 0.4) is 0 Å². The molecule has 0 N–H and O–H groups in total. The van der Waals surface area contributed by atoms with E-state index < -0.39 is 20.0 Å². The third-order valence-electron chi connectivity index (χ3n) is 5.38. The second-order valence-electron chi connectivity index (χ2n) is 7.83. The minimum Gasteiger partial charge on any atom is -0.458 e. The minimum atomic E-state index is -3.81. The lowest BCUT2D eigenvalue weighted by Crippen LogP contribution is -2.39. The van der Waals surface area contributed by atoms with Crippen LogP contribution < -0.4 is 0 Å². The normalized spacial score (nSPS) is 18.3. The first-order valence-electron chi connectivity index (χ1n) is 10.0. The molecule has 32 heavy (non-hydrogen) atoms. The maximum absolute atomic E-state index is 13.2. The van der Waals surface area contributed by atoms with Crippen LogP contribution >= 0.6 is 0 Å². The highest BCUT2D eigenvalue weighted by Crippen LogP contribution is 2.31. The van der Waals surface area contributed by atoms with E-state index in [-0.39, 0.29) is 22.3 Å². The van der Waals surface area contributed by atoms with Crippen LogP contribution in [-0.4, -0.2) is 62.8 Å². The van der Waals surface area contributed by atoms with Gasteiger partial charge in [0.2, 0.25) is 31.8 Å². The summed E-state index contributed by atoms with van der Waals surface area (Å²) in [6, 6.07) is 8.80. The maximum Gasteiger partial charge on any atom is 0.243 e. The van der Waals surface area contributed by atoms with Gasteiger partial charge in [0, 0.05) is 27.2 Å². The lowest BCUT2D eigenvalue weighted by molar-refractivity contribution is 0.265. The first kappa shape index (κ1) is 22.6. The molecular weight excluding hydrogens is 456 g/mol. The van der Waals surface area contributed by atoms with E-state index in [0.717, 1.165) is 10.1 Å². The fraction of sp³-hybridized carbons (Fsp3) is 0.400. The molecule has 1 fully saturated rings. The van der Waals surface area contributed by atoms with Gasteiger partial charge in [-0.25, -0.2) is 21.1 Å². The Hall–Kier alpha value is -2.54. The molecule has 1 aliphatic rings. The van der Waals surface area contributed by atoms with Gasteiger partial charge in [-0.05, 0) is 56.2 Å². The van der Waals surface area contributed by atoms with Gasteiger partial charge in [0.25, 0.3) is 0 Å². The van der Waals surface area contributed by atoms with Crippen LogP contribution in [-0.2, 0) is 20.0 Å². The average molecular weight is 481 g/mol. The van der Waals surface area contributed by atoms with Crippen molar-refractivity contribution < 1.29 is 25.8 Å². The molecular formula is C20H24N4O6S2. The van der Waals surface area contributed by atoms with Crippen LogP contribution in [0.25, 0.3) is 11.6 Å². The molecule has 4 rings (SSSR count). The molecule has 1 aromatic carbocycles. The largest absolute Gasteiger partial charge is 0.458 e. The summed E-state index contributed by atoms with van der Waals surface area (Å²) in [6.07, 6.45) is 1.35. The van der Waals surface area contributed by atoms with Crippen molar-refractivity contribution in [1.29, 1.82) is 0 Å². The summed E-state index contributed by atoms with van der Waals surface area (Å²) < 4.78 is 64.2. The third kappa shape index (κ3) is 4.22. The standard InChI is InChI=1S/C20H24N4O6S2/c1-14-6-11-18(29-14)19-21-20(30-22-19)15-5-4-12-24(13-15)32(27,28)17-9-7-16(8-10-17)31(25,26)23(2)3/h6-11,15H,4-5,12-13H2,1-3H3/t15-/m0/s1. The van der Waals surface area contributed by atoms with E-state index in [1.807, 2.05) is 6.92 Å². The Kier molecular flexibility index (Phi) is 5.96. The van der Waals surface area contributed by atoms with Crippen LogP contribution in [0.4, 0.5) is 0 Å². The van der Waals surface area contributed by atoms with Gasteiger partial charge in [-0.2, -0.15) is 9.29 Å². The van der Waals surface area contributed by atoms with Gasteiger partial charge in [0.15, 0.2) is 5.76 Å². The molecule has 0 bridgehead atoms. The van der Waals surface area contributed by atoms with Crippen molar-refractivity contribution >= 4 is 20.0 Å². The number of benzene rings is 1. The molecule has 0 radical (unpaired) electrons. The highest BCUT2D eigenvalue weighted by Gasteiger charge is 2.34. The Morgan fingerprint density at radius 1 is 1.03 bits per heavy atom. The Balaban J connectivity index is 1.53. The number of sulfonamides is 2. The number of furan rings is 1. The zero-order valence-electron chi connectivity index (χ0n) is 17.9. The van der Waals surface area contributed by atoms with Crippen molar-refractivity contribution in [2.75, 3.05) is 27.2 Å². The number of hydrogen-bond donors (Lipinski definition) is 0. The topological polar surface area (TPSA) is 127 Å². The van der Waals surface area contributed by atoms with E-state index in [1.165, 1.54) is 42.7 Å². The summed E-state index contributed by atoms with van der Waals surface area (Å²) in [5.74, 6) is 1.66. The van der Waals surface area contributed by atoms with Crippen LogP contribution in [0.5, 0.6) is 0 Å². The first-order valence-corrected chi connectivity index (χ1v) is 12.9. The van der Waals surface area contributed by atoms with E-state index >= 15 is 0 Å². The monoisotopic (exact) mass is 480 g/mol. The van der Waals surface area contributed by atoms with Crippen LogP contribution in [0.1, 0.15) is 30.4 Å². The molecule has 1 aliphatic heterocycles. The first-order chi connectivity index (χ1) is 15.1. The summed E-state index contributed by atoms with van der Waals surface area (Å²) in [5, 5.41) is 3.96. The Morgan fingerprint density at radius 2 is 1.72 bits per heavy atom. The molecule has 172 valence electrons. The molecule has 3 aromatic rings. The van der Waals surface area contributed by atoms with E-state index in [1.54, 1.807) is 12.1 Å². The van der Waals surface area contributed by atoms with Gasteiger partial charge in [-0.15, -0.1) is 0 Å². The van der Waals surface area contributed by atoms with E-state index in [0.29, 0.717) is 36.9 Å². The molecule has 3 heterocycles. The van der Waals surface area contributed by atoms with Gasteiger partial charge < -0.3 is 8.94 Å². The van der Waals surface area contributed by atoms with E-state index in [4.69, 9.17) is 8.94 Å². The van der Waals surface area contributed by atoms with Crippen molar-refractivity contribution in [3.8, 4) is 11.6 Å². The number of aryl methyl sites for hydroxylation is 1. The van der Waals surface area contributed by atoms with Crippen LogP contribution in [0.15, 0.2) is 55.1 Å². The number of aromatic nitrogens is 2. The molecule has 12 heteroatoms.